The van der Waals surface area contributed by atoms with Crippen molar-refractivity contribution in [3.63, 3.8) is 0 Å². The van der Waals surface area contributed by atoms with E-state index in [2.05, 4.69) is 39.5 Å². The zero-order valence-electron chi connectivity index (χ0n) is 14.1. The highest BCUT2D eigenvalue weighted by atomic mass is 16.5. The van der Waals surface area contributed by atoms with E-state index in [1.807, 2.05) is 0 Å². The molecule has 0 bridgehead atoms. The van der Waals surface area contributed by atoms with Crippen LogP contribution < -0.4 is 5.73 Å². The summed E-state index contributed by atoms with van der Waals surface area (Å²) < 4.78 is 6.21. The van der Waals surface area contributed by atoms with Crippen molar-refractivity contribution < 1.29 is 4.74 Å². The summed E-state index contributed by atoms with van der Waals surface area (Å²) in [7, 11) is 0. The second-order valence-electron chi connectivity index (χ2n) is 8.35. The summed E-state index contributed by atoms with van der Waals surface area (Å²) in [6, 6.07) is 0.532. The van der Waals surface area contributed by atoms with Crippen LogP contribution in [0.4, 0.5) is 0 Å². The summed E-state index contributed by atoms with van der Waals surface area (Å²) in [4.78, 5) is 2.62. The Hall–Kier alpha value is -0.120. The molecule has 0 aromatic rings. The number of hydrogen-bond acceptors (Lipinski definition) is 3. The van der Waals surface area contributed by atoms with Gasteiger partial charge in [-0.3, -0.25) is 4.90 Å². The Kier molecular flexibility index (Phi) is 4.83. The van der Waals surface area contributed by atoms with E-state index in [9.17, 15) is 0 Å². The molecule has 1 atom stereocenters. The van der Waals surface area contributed by atoms with Gasteiger partial charge < -0.3 is 10.5 Å². The molecule has 0 aromatic carbocycles. The van der Waals surface area contributed by atoms with E-state index in [0.717, 1.165) is 31.5 Å². The summed E-state index contributed by atoms with van der Waals surface area (Å²) in [5.74, 6) is 1.68. The maximum atomic E-state index is 6.21. The van der Waals surface area contributed by atoms with Gasteiger partial charge in [-0.1, -0.05) is 19.8 Å². The Labute approximate surface area is 125 Å². The van der Waals surface area contributed by atoms with Crippen molar-refractivity contribution >= 4 is 0 Å². The van der Waals surface area contributed by atoms with Crippen LogP contribution >= 0.6 is 0 Å². The van der Waals surface area contributed by atoms with Gasteiger partial charge in [0.15, 0.2) is 0 Å². The minimum absolute atomic E-state index is 0.0723. The molecule has 3 heteroatoms. The van der Waals surface area contributed by atoms with Crippen LogP contribution in [0.3, 0.4) is 0 Å². The van der Waals surface area contributed by atoms with Crippen molar-refractivity contribution in [2.45, 2.75) is 77.5 Å². The molecule has 1 unspecified atom stereocenters. The third-order valence-corrected chi connectivity index (χ3v) is 5.04. The van der Waals surface area contributed by atoms with E-state index in [0.29, 0.717) is 6.04 Å². The fourth-order valence-corrected chi connectivity index (χ4v) is 4.39. The van der Waals surface area contributed by atoms with Crippen LogP contribution in [0.2, 0.25) is 0 Å². The van der Waals surface area contributed by atoms with E-state index in [4.69, 9.17) is 10.5 Å². The van der Waals surface area contributed by atoms with E-state index in [1.54, 1.807) is 0 Å². The highest BCUT2D eigenvalue weighted by Crippen LogP contribution is 2.36. The quantitative estimate of drug-likeness (QED) is 0.864. The van der Waals surface area contributed by atoms with Gasteiger partial charge in [-0.2, -0.15) is 0 Å². The average molecular weight is 282 g/mol. The van der Waals surface area contributed by atoms with Crippen LogP contribution in [0, 0.1) is 11.8 Å². The summed E-state index contributed by atoms with van der Waals surface area (Å²) in [5.41, 5.74) is 6.02. The number of rotatable bonds is 3. The zero-order valence-corrected chi connectivity index (χ0v) is 14.1. The fraction of sp³-hybridized carbons (Fsp3) is 1.00. The van der Waals surface area contributed by atoms with Gasteiger partial charge in [-0.25, -0.2) is 0 Å². The van der Waals surface area contributed by atoms with E-state index < -0.39 is 0 Å². The lowest BCUT2D eigenvalue weighted by Crippen LogP contribution is -2.62. The lowest BCUT2D eigenvalue weighted by Gasteiger charge is -2.51. The molecule has 0 radical (unpaired) electrons. The van der Waals surface area contributed by atoms with Gasteiger partial charge in [0.2, 0.25) is 0 Å². The van der Waals surface area contributed by atoms with E-state index in [1.165, 1.54) is 25.7 Å². The fourth-order valence-electron chi connectivity index (χ4n) is 4.39. The molecule has 1 heterocycles. The molecule has 3 nitrogen and oxygen atoms in total. The lowest BCUT2D eigenvalue weighted by molar-refractivity contribution is -0.191. The topological polar surface area (TPSA) is 38.5 Å². The highest BCUT2D eigenvalue weighted by Gasteiger charge is 2.42. The van der Waals surface area contributed by atoms with Crippen LogP contribution in [0.15, 0.2) is 0 Å². The van der Waals surface area contributed by atoms with Gasteiger partial charge in [0.25, 0.3) is 0 Å². The largest absolute Gasteiger partial charge is 0.367 e. The van der Waals surface area contributed by atoms with Gasteiger partial charge in [-0.15, -0.1) is 0 Å². The predicted molar refractivity (Wildman–Crippen MR) is 84.8 cm³/mol. The Bertz CT molecular complexity index is 303. The summed E-state index contributed by atoms with van der Waals surface area (Å²) in [6.07, 6.45) is 5.44. The third kappa shape index (κ3) is 3.96. The molecule has 0 spiro atoms. The molecule has 0 amide bonds. The summed E-state index contributed by atoms with van der Waals surface area (Å²) in [6.45, 7) is 14.0. The number of ether oxygens (including phenoxy) is 1. The van der Waals surface area contributed by atoms with Crippen LogP contribution in [0.25, 0.3) is 0 Å². The van der Waals surface area contributed by atoms with Gasteiger partial charge in [0.05, 0.1) is 11.2 Å². The molecule has 1 saturated heterocycles. The van der Waals surface area contributed by atoms with E-state index in [-0.39, 0.29) is 11.2 Å². The Morgan fingerprint density at radius 2 is 1.55 bits per heavy atom. The molecule has 1 aliphatic heterocycles. The molecule has 118 valence electrons. The first kappa shape index (κ1) is 16.3. The van der Waals surface area contributed by atoms with Crippen molar-refractivity contribution in [1.29, 1.82) is 0 Å². The standard InChI is InChI=1S/C17H34N2O/c1-13-6-8-14(9-7-13)15(10-18)19-11-16(2,3)20-17(4,5)12-19/h13-15H,6-12,18H2,1-5H3. The number of hydrogen-bond donors (Lipinski definition) is 1. The molecule has 2 rings (SSSR count). The first-order chi connectivity index (χ1) is 9.22. The van der Waals surface area contributed by atoms with Crippen LogP contribution in [0.1, 0.15) is 60.3 Å². The van der Waals surface area contributed by atoms with Crippen molar-refractivity contribution in [2.24, 2.45) is 17.6 Å². The number of nitrogens with two attached hydrogens (primary N) is 1. The van der Waals surface area contributed by atoms with E-state index >= 15 is 0 Å². The molecule has 1 saturated carbocycles. The minimum Gasteiger partial charge on any atom is -0.367 e. The summed E-state index contributed by atoms with van der Waals surface area (Å²) in [5, 5.41) is 0. The van der Waals surface area contributed by atoms with Gasteiger partial charge in [-0.05, 0) is 52.4 Å². The second-order valence-corrected chi connectivity index (χ2v) is 8.35. The summed E-state index contributed by atoms with van der Waals surface area (Å²) >= 11 is 0. The van der Waals surface area contributed by atoms with Gasteiger partial charge in [0, 0.05) is 25.7 Å². The highest BCUT2D eigenvalue weighted by molar-refractivity contribution is 4.94. The van der Waals surface area contributed by atoms with Crippen molar-refractivity contribution in [1.82, 2.24) is 4.90 Å². The minimum atomic E-state index is -0.0723. The molecule has 1 aliphatic carbocycles. The van der Waals surface area contributed by atoms with Gasteiger partial charge in [0.1, 0.15) is 0 Å². The average Bonchev–Trinajstić information content (AvgIpc) is 2.28. The number of morpholine rings is 1. The third-order valence-electron chi connectivity index (χ3n) is 5.04. The molecule has 0 aromatic heterocycles. The van der Waals surface area contributed by atoms with Crippen LogP contribution in [-0.2, 0) is 4.74 Å². The molecular weight excluding hydrogens is 248 g/mol. The first-order valence-electron chi connectivity index (χ1n) is 8.37. The normalized spacial score (nSPS) is 35.7. The first-order valence-corrected chi connectivity index (χ1v) is 8.37. The van der Waals surface area contributed by atoms with Crippen molar-refractivity contribution in [3.05, 3.63) is 0 Å². The second kappa shape index (κ2) is 5.94. The molecule has 2 aliphatic rings. The predicted octanol–water partition coefficient (Wildman–Crippen LogP) is 3.03. The SMILES string of the molecule is CC1CCC(C(CN)N2CC(C)(C)OC(C)(C)C2)CC1. The molecule has 2 N–H and O–H groups in total. The van der Waals surface area contributed by atoms with Crippen LogP contribution in [0.5, 0.6) is 0 Å². The zero-order chi connectivity index (χ0) is 15.0. The Balaban J connectivity index is 2.06. The monoisotopic (exact) mass is 282 g/mol. The molecule has 20 heavy (non-hydrogen) atoms. The lowest BCUT2D eigenvalue weighted by atomic mass is 9.78. The Morgan fingerprint density at radius 3 is 2.00 bits per heavy atom. The maximum absolute atomic E-state index is 6.21. The Morgan fingerprint density at radius 1 is 1.05 bits per heavy atom. The smallest absolute Gasteiger partial charge is 0.0760 e. The number of nitrogens with zero attached hydrogens (tertiary/aromatic N) is 1. The van der Waals surface area contributed by atoms with Crippen LogP contribution in [-0.4, -0.2) is 41.8 Å². The maximum Gasteiger partial charge on any atom is 0.0760 e. The molecule has 2 fully saturated rings. The molecular formula is C17H34N2O. The van der Waals surface area contributed by atoms with Crippen molar-refractivity contribution in [2.75, 3.05) is 19.6 Å². The van der Waals surface area contributed by atoms with Crippen molar-refractivity contribution in [3.8, 4) is 0 Å². The van der Waals surface area contributed by atoms with Gasteiger partial charge >= 0.3 is 0 Å².